The summed E-state index contributed by atoms with van der Waals surface area (Å²) in [4.78, 5) is 17.9. The molecule has 4 rings (SSSR count). The third kappa shape index (κ3) is 9.63. The number of hydrogen-bond donors (Lipinski definition) is 0. The highest BCUT2D eigenvalue weighted by molar-refractivity contribution is 6.76. The minimum atomic E-state index is -1.14. The molecule has 0 fully saturated rings. The lowest BCUT2D eigenvalue weighted by Crippen LogP contribution is -2.26. The highest BCUT2D eigenvalue weighted by atomic mass is 28.3. The number of carbonyl (C=O) groups excluding carboxylic acids is 1. The second kappa shape index (κ2) is 13.4. The Kier molecular flexibility index (Phi) is 10.3. The highest BCUT2D eigenvalue weighted by Crippen LogP contribution is 2.29. The standard InChI is InChI=1S/C36H52N4O3Si/c1-26-19-28(21-30-24-40(38-33(26)30)25-42-17-18-44(8,9)10)20-29(22-32(41)43-36(5,6)7)34-37-15-16-39(34)23-27-11-13-31(14-12-27)35(2,3)4/h11-16,19,21,24,29H,17-18,20,22-23,25H2,1-10H3/q-1. The summed E-state index contributed by atoms with van der Waals surface area (Å²) in [6, 6.07) is 14.3. The predicted molar refractivity (Wildman–Crippen MR) is 182 cm³/mol. The molecule has 4 aromatic rings. The molecule has 2 aromatic heterocycles. The summed E-state index contributed by atoms with van der Waals surface area (Å²) in [6.45, 7) is 23.5. The summed E-state index contributed by atoms with van der Waals surface area (Å²) in [5.41, 5.74) is 5.29. The summed E-state index contributed by atoms with van der Waals surface area (Å²) in [5, 5.41) is 5.88. The fourth-order valence-corrected chi connectivity index (χ4v) is 6.16. The lowest BCUT2D eigenvalue weighted by molar-refractivity contribution is -0.155. The summed E-state index contributed by atoms with van der Waals surface area (Å²) < 4.78 is 15.8. The van der Waals surface area contributed by atoms with Crippen LogP contribution in [0.2, 0.25) is 25.7 Å². The molecule has 2 heterocycles. The molecular formula is C36H52N4O3Si-. The molecule has 0 aliphatic rings. The number of aromatic nitrogens is 4. The number of fused-ring (bicyclic) bond motifs is 1. The van der Waals surface area contributed by atoms with Gasteiger partial charge in [0.1, 0.15) is 18.2 Å². The Hall–Kier alpha value is -3.23. The molecule has 0 bridgehead atoms. The van der Waals surface area contributed by atoms with Crippen molar-refractivity contribution in [2.75, 3.05) is 6.61 Å². The van der Waals surface area contributed by atoms with E-state index in [9.17, 15) is 4.79 Å². The van der Waals surface area contributed by atoms with E-state index in [4.69, 9.17) is 19.6 Å². The van der Waals surface area contributed by atoms with Gasteiger partial charge < -0.3 is 14.0 Å². The summed E-state index contributed by atoms with van der Waals surface area (Å²) in [6.07, 6.45) is 6.81. The van der Waals surface area contributed by atoms with Gasteiger partial charge in [-0.3, -0.25) is 4.79 Å². The van der Waals surface area contributed by atoms with Crippen LogP contribution in [0, 0.1) is 6.92 Å². The van der Waals surface area contributed by atoms with Crippen molar-refractivity contribution in [3.05, 3.63) is 83.1 Å². The van der Waals surface area contributed by atoms with Gasteiger partial charge in [0.15, 0.2) is 0 Å². The number of nitrogens with zero attached hydrogens (tertiary/aromatic N) is 4. The molecule has 2 aromatic carbocycles. The van der Waals surface area contributed by atoms with Gasteiger partial charge in [-0.1, -0.05) is 51.1 Å². The number of rotatable bonds is 12. The maximum Gasteiger partial charge on any atom is 0.307 e. The average Bonchev–Trinajstić information content (AvgIpc) is 3.51. The topological polar surface area (TPSA) is 71.2 Å². The Morgan fingerprint density at radius 2 is 1.70 bits per heavy atom. The van der Waals surface area contributed by atoms with Gasteiger partial charge in [0.2, 0.25) is 0 Å². The first-order chi connectivity index (χ1) is 20.5. The summed E-state index contributed by atoms with van der Waals surface area (Å²) in [7, 11) is -1.14. The van der Waals surface area contributed by atoms with Gasteiger partial charge in [0.25, 0.3) is 0 Å². The zero-order chi connectivity index (χ0) is 32.3. The molecular weight excluding hydrogens is 565 g/mol. The number of hydrogen-bond acceptors (Lipinski definition) is 5. The van der Waals surface area contributed by atoms with E-state index >= 15 is 0 Å². The molecule has 0 spiro atoms. The highest BCUT2D eigenvalue weighted by Gasteiger charge is 2.26. The van der Waals surface area contributed by atoms with Crippen LogP contribution in [0.5, 0.6) is 0 Å². The Morgan fingerprint density at radius 1 is 1.00 bits per heavy atom. The number of benzene rings is 2. The van der Waals surface area contributed by atoms with Crippen LogP contribution in [0.3, 0.4) is 0 Å². The zero-order valence-corrected chi connectivity index (χ0v) is 29.5. The first-order valence-corrected chi connectivity index (χ1v) is 19.5. The van der Waals surface area contributed by atoms with E-state index in [1.165, 1.54) is 11.1 Å². The number of imidazole rings is 1. The Bertz CT molecular complexity index is 1550. The summed E-state index contributed by atoms with van der Waals surface area (Å²) in [5.74, 6) is 0.526. The SMILES string of the molecule is Cc1cc(CC(CC(=O)OC(C)(C)C)c2nccn2Cc2ccc(C(C)(C)C)cc2)cc2cn(COCC[Si-](C)(C)C)nc12. The molecule has 8 heteroatoms. The maximum atomic E-state index is 13.1. The monoisotopic (exact) mass is 616 g/mol. The molecule has 0 aliphatic carbocycles. The molecule has 239 valence electrons. The van der Waals surface area contributed by atoms with E-state index in [0.29, 0.717) is 19.7 Å². The van der Waals surface area contributed by atoms with Crippen LogP contribution < -0.4 is 0 Å². The van der Waals surface area contributed by atoms with Gasteiger partial charge in [-0.15, -0.1) is 14.1 Å². The van der Waals surface area contributed by atoms with Crippen LogP contribution in [0.1, 0.15) is 82.0 Å². The molecule has 0 amide bonds. The number of carbonyl (C=O) groups is 1. The van der Waals surface area contributed by atoms with Crippen molar-refractivity contribution in [2.24, 2.45) is 0 Å². The molecule has 7 nitrogen and oxygen atoms in total. The van der Waals surface area contributed by atoms with Crippen LogP contribution >= 0.6 is 0 Å². The van der Waals surface area contributed by atoms with Gasteiger partial charge in [0, 0.05) is 43.0 Å². The van der Waals surface area contributed by atoms with Crippen LogP contribution in [0.4, 0.5) is 0 Å². The van der Waals surface area contributed by atoms with E-state index in [2.05, 4.69) is 94.5 Å². The van der Waals surface area contributed by atoms with Gasteiger partial charge in [-0.05, 0) is 67.9 Å². The quantitative estimate of drug-likeness (QED) is 0.0910. The van der Waals surface area contributed by atoms with Gasteiger partial charge in [-0.25, -0.2) is 9.67 Å². The van der Waals surface area contributed by atoms with Crippen molar-refractivity contribution in [1.82, 2.24) is 19.3 Å². The minimum absolute atomic E-state index is 0.105. The minimum Gasteiger partial charge on any atom is -0.460 e. The first kappa shape index (κ1) is 33.7. The molecule has 0 aliphatic heterocycles. The fraction of sp³-hybridized carbons (Fsp3) is 0.528. The van der Waals surface area contributed by atoms with Crippen LogP contribution in [0.25, 0.3) is 10.9 Å². The van der Waals surface area contributed by atoms with Crippen molar-refractivity contribution in [3.63, 3.8) is 0 Å². The number of aryl methyl sites for hydroxylation is 1. The third-order valence-electron chi connectivity index (χ3n) is 7.73. The van der Waals surface area contributed by atoms with E-state index in [1.54, 1.807) is 0 Å². The van der Waals surface area contributed by atoms with Crippen molar-refractivity contribution in [1.29, 1.82) is 0 Å². The molecule has 0 N–H and O–H groups in total. The lowest BCUT2D eigenvalue weighted by atomic mass is 9.87. The van der Waals surface area contributed by atoms with E-state index < -0.39 is 13.7 Å². The van der Waals surface area contributed by atoms with E-state index in [-0.39, 0.29) is 23.7 Å². The molecule has 0 saturated heterocycles. The Labute approximate surface area is 265 Å². The number of esters is 1. The first-order valence-electron chi connectivity index (χ1n) is 15.8. The molecule has 1 atom stereocenters. The maximum absolute atomic E-state index is 13.1. The Morgan fingerprint density at radius 3 is 2.34 bits per heavy atom. The normalized spacial score (nSPS) is 13.4. The third-order valence-corrected chi connectivity index (χ3v) is 9.43. The smallest absolute Gasteiger partial charge is 0.307 e. The Balaban J connectivity index is 1.58. The van der Waals surface area contributed by atoms with Gasteiger partial charge >= 0.3 is 5.97 Å². The fourth-order valence-electron chi connectivity index (χ4n) is 5.40. The van der Waals surface area contributed by atoms with Crippen molar-refractivity contribution >= 4 is 24.9 Å². The summed E-state index contributed by atoms with van der Waals surface area (Å²) >= 11 is 0. The van der Waals surface area contributed by atoms with Crippen molar-refractivity contribution in [3.8, 4) is 0 Å². The largest absolute Gasteiger partial charge is 0.460 e. The van der Waals surface area contributed by atoms with Crippen molar-refractivity contribution in [2.45, 2.75) is 117 Å². The lowest BCUT2D eigenvalue weighted by Gasteiger charge is -2.26. The van der Waals surface area contributed by atoms with E-state index in [1.807, 2.05) is 37.8 Å². The predicted octanol–water partition coefficient (Wildman–Crippen LogP) is 8.26. The molecule has 1 unspecified atom stereocenters. The second-order valence-corrected chi connectivity index (χ2v) is 21.0. The zero-order valence-electron chi connectivity index (χ0n) is 28.5. The molecule has 44 heavy (non-hydrogen) atoms. The van der Waals surface area contributed by atoms with Crippen LogP contribution in [0.15, 0.2) is 55.0 Å². The van der Waals surface area contributed by atoms with Gasteiger partial charge in [0.05, 0.1) is 11.9 Å². The second-order valence-electron chi connectivity index (χ2n) is 15.4. The number of ether oxygens (including phenoxy) is 2. The average molecular weight is 617 g/mol. The van der Waals surface area contributed by atoms with Crippen molar-refractivity contribution < 1.29 is 14.3 Å². The van der Waals surface area contributed by atoms with E-state index in [0.717, 1.165) is 40.5 Å². The van der Waals surface area contributed by atoms with Gasteiger partial charge in [-0.2, -0.15) is 24.7 Å². The molecule has 0 saturated carbocycles. The van der Waals surface area contributed by atoms with Crippen LogP contribution in [-0.4, -0.2) is 45.6 Å². The molecule has 0 radical (unpaired) electrons. The van der Waals surface area contributed by atoms with Crippen LogP contribution in [-0.2, 0) is 39.4 Å².